The third-order valence-electron chi connectivity index (χ3n) is 4.41. The first-order valence-corrected chi connectivity index (χ1v) is 9.07. The number of H-pyrrole nitrogens is 1. The van der Waals surface area contributed by atoms with E-state index >= 15 is 0 Å². The summed E-state index contributed by atoms with van der Waals surface area (Å²) in [7, 11) is 1.94. The Balaban J connectivity index is 1.58. The lowest BCUT2D eigenvalue weighted by Crippen LogP contribution is -2.38. The van der Waals surface area contributed by atoms with Crippen LogP contribution >= 0.6 is 11.8 Å². The highest BCUT2D eigenvalue weighted by Crippen LogP contribution is 2.23. The summed E-state index contributed by atoms with van der Waals surface area (Å²) in [5.41, 5.74) is 1.94. The van der Waals surface area contributed by atoms with Gasteiger partial charge in [0, 0.05) is 24.4 Å². The Bertz CT molecular complexity index is 621. The Labute approximate surface area is 140 Å². The highest BCUT2D eigenvalue weighted by atomic mass is 32.2. The number of carbonyl (C=O) groups is 1. The van der Waals surface area contributed by atoms with Crippen LogP contribution in [0.4, 0.5) is 0 Å². The third-order valence-corrected chi connectivity index (χ3v) is 5.36. The highest BCUT2D eigenvalue weighted by Gasteiger charge is 2.22. The van der Waals surface area contributed by atoms with Crippen LogP contribution in [0.3, 0.4) is 0 Å². The van der Waals surface area contributed by atoms with Gasteiger partial charge in [-0.1, -0.05) is 43.2 Å². The van der Waals surface area contributed by atoms with Gasteiger partial charge in [0.05, 0.1) is 0 Å². The number of aromatic amines is 1. The van der Waals surface area contributed by atoms with Crippen molar-refractivity contribution in [3.05, 3.63) is 41.7 Å². The average Bonchev–Trinajstić information content (AvgIpc) is 3.13. The fourth-order valence-electron chi connectivity index (χ4n) is 3.00. The lowest BCUT2D eigenvalue weighted by atomic mass is 9.94. The third kappa shape index (κ3) is 4.13. The van der Waals surface area contributed by atoms with Crippen molar-refractivity contribution in [3.8, 4) is 0 Å². The summed E-state index contributed by atoms with van der Waals surface area (Å²) in [4.78, 5) is 18.6. The van der Waals surface area contributed by atoms with Crippen LogP contribution in [0.2, 0.25) is 0 Å². The van der Waals surface area contributed by atoms with Crippen molar-refractivity contribution in [2.75, 3.05) is 7.05 Å². The largest absolute Gasteiger partial charge is 0.339 e. The molecule has 1 N–H and O–H groups in total. The summed E-state index contributed by atoms with van der Waals surface area (Å²) in [5.74, 6) is 0.939. The summed E-state index contributed by atoms with van der Waals surface area (Å²) < 4.78 is 0. The zero-order chi connectivity index (χ0) is 16.1. The van der Waals surface area contributed by atoms with Crippen LogP contribution in [0.5, 0.6) is 0 Å². The van der Waals surface area contributed by atoms with Gasteiger partial charge in [0.25, 0.3) is 5.91 Å². The lowest BCUT2D eigenvalue weighted by molar-refractivity contribution is 0.0696. The molecule has 0 bridgehead atoms. The Hall–Kier alpha value is -1.82. The molecule has 1 aliphatic carbocycles. The van der Waals surface area contributed by atoms with Crippen LogP contribution < -0.4 is 0 Å². The number of nitrogens with zero attached hydrogens (tertiary/aromatic N) is 3. The van der Waals surface area contributed by atoms with Crippen molar-refractivity contribution in [1.29, 1.82) is 0 Å². The highest BCUT2D eigenvalue weighted by molar-refractivity contribution is 7.98. The zero-order valence-corrected chi connectivity index (χ0v) is 14.2. The maximum Gasteiger partial charge on any atom is 0.253 e. The number of carbonyl (C=O) groups excluding carboxylic acids is 1. The van der Waals surface area contributed by atoms with Crippen LogP contribution in [0.15, 0.2) is 35.7 Å². The van der Waals surface area contributed by atoms with Gasteiger partial charge in [0.1, 0.15) is 6.33 Å². The molecule has 0 atom stereocenters. The van der Waals surface area contributed by atoms with Gasteiger partial charge < -0.3 is 4.90 Å². The molecule has 0 saturated heterocycles. The molecule has 23 heavy (non-hydrogen) atoms. The number of benzene rings is 1. The van der Waals surface area contributed by atoms with Crippen molar-refractivity contribution >= 4 is 17.7 Å². The average molecular weight is 330 g/mol. The SMILES string of the molecule is CN(C(=O)c1ccc(CSc2ncn[nH]2)cc1)C1CCCCC1. The first kappa shape index (κ1) is 16.1. The van der Waals surface area contributed by atoms with E-state index in [1.807, 2.05) is 36.2 Å². The number of aromatic nitrogens is 3. The minimum absolute atomic E-state index is 0.131. The van der Waals surface area contributed by atoms with Gasteiger partial charge in [-0.05, 0) is 30.5 Å². The van der Waals surface area contributed by atoms with Crippen LogP contribution in [0, 0.1) is 0 Å². The van der Waals surface area contributed by atoms with E-state index in [0.717, 1.165) is 29.3 Å². The van der Waals surface area contributed by atoms with E-state index in [4.69, 9.17) is 0 Å². The molecule has 1 fully saturated rings. The molecule has 1 saturated carbocycles. The number of nitrogens with one attached hydrogen (secondary N) is 1. The molecule has 0 radical (unpaired) electrons. The monoisotopic (exact) mass is 330 g/mol. The molecule has 1 aromatic carbocycles. The van der Waals surface area contributed by atoms with E-state index in [1.165, 1.54) is 31.2 Å². The molecular weight excluding hydrogens is 308 g/mol. The number of thioether (sulfide) groups is 1. The topological polar surface area (TPSA) is 61.9 Å². The summed E-state index contributed by atoms with van der Waals surface area (Å²) >= 11 is 1.60. The first-order valence-electron chi connectivity index (χ1n) is 8.08. The molecule has 1 aliphatic rings. The van der Waals surface area contributed by atoms with Crippen molar-refractivity contribution in [2.24, 2.45) is 0 Å². The van der Waals surface area contributed by atoms with Crippen molar-refractivity contribution in [2.45, 2.75) is 49.1 Å². The standard InChI is InChI=1S/C17H22N4OS/c1-21(15-5-3-2-4-6-15)16(22)14-9-7-13(8-10-14)11-23-17-18-12-19-20-17/h7-10,12,15H,2-6,11H2,1H3,(H,18,19,20). The molecular formula is C17H22N4OS. The minimum Gasteiger partial charge on any atom is -0.339 e. The van der Waals surface area contributed by atoms with Gasteiger partial charge in [-0.25, -0.2) is 4.98 Å². The molecule has 0 unspecified atom stereocenters. The van der Waals surface area contributed by atoms with Crippen LogP contribution in [0.1, 0.15) is 48.0 Å². The normalized spacial score (nSPS) is 15.5. The van der Waals surface area contributed by atoms with Gasteiger partial charge in [-0.15, -0.1) is 0 Å². The number of rotatable bonds is 5. The van der Waals surface area contributed by atoms with Crippen LogP contribution in [0.25, 0.3) is 0 Å². The molecule has 3 rings (SSSR count). The van der Waals surface area contributed by atoms with Crippen molar-refractivity contribution in [1.82, 2.24) is 20.1 Å². The molecule has 1 heterocycles. The van der Waals surface area contributed by atoms with E-state index in [0.29, 0.717) is 6.04 Å². The quantitative estimate of drug-likeness (QED) is 0.852. The Morgan fingerprint density at radius 2 is 2.00 bits per heavy atom. The van der Waals surface area contributed by atoms with Crippen LogP contribution in [-0.4, -0.2) is 39.1 Å². The second-order valence-electron chi connectivity index (χ2n) is 5.98. The van der Waals surface area contributed by atoms with Crippen molar-refractivity contribution < 1.29 is 4.79 Å². The second kappa shape index (κ2) is 7.64. The minimum atomic E-state index is 0.131. The van der Waals surface area contributed by atoms with E-state index in [2.05, 4.69) is 15.2 Å². The molecule has 0 aliphatic heterocycles. The van der Waals surface area contributed by atoms with Gasteiger partial charge in [-0.2, -0.15) is 5.10 Å². The van der Waals surface area contributed by atoms with Gasteiger partial charge in [0.15, 0.2) is 5.16 Å². The predicted molar refractivity (Wildman–Crippen MR) is 91.4 cm³/mol. The zero-order valence-electron chi connectivity index (χ0n) is 13.4. The van der Waals surface area contributed by atoms with Gasteiger partial charge >= 0.3 is 0 Å². The van der Waals surface area contributed by atoms with Crippen LogP contribution in [-0.2, 0) is 5.75 Å². The first-order chi connectivity index (χ1) is 11.2. The molecule has 1 aromatic heterocycles. The summed E-state index contributed by atoms with van der Waals surface area (Å²) in [6, 6.07) is 8.30. The lowest BCUT2D eigenvalue weighted by Gasteiger charge is -2.31. The molecule has 2 aromatic rings. The number of amides is 1. The van der Waals surface area contributed by atoms with Gasteiger partial charge in [-0.3, -0.25) is 9.89 Å². The fourth-order valence-corrected chi connectivity index (χ4v) is 3.73. The molecule has 0 spiro atoms. The maximum atomic E-state index is 12.6. The van der Waals surface area contributed by atoms with E-state index < -0.39 is 0 Å². The predicted octanol–water partition coefficient (Wildman–Crippen LogP) is 3.50. The smallest absolute Gasteiger partial charge is 0.253 e. The van der Waals surface area contributed by atoms with Crippen molar-refractivity contribution in [3.63, 3.8) is 0 Å². The molecule has 1 amide bonds. The van der Waals surface area contributed by atoms with E-state index in [1.54, 1.807) is 11.8 Å². The van der Waals surface area contributed by atoms with E-state index in [-0.39, 0.29) is 5.91 Å². The second-order valence-corrected chi connectivity index (χ2v) is 6.95. The Morgan fingerprint density at radius 3 is 2.65 bits per heavy atom. The summed E-state index contributed by atoms with van der Waals surface area (Å²) in [6.07, 6.45) is 7.55. The number of hydrogen-bond donors (Lipinski definition) is 1. The van der Waals surface area contributed by atoms with E-state index in [9.17, 15) is 4.79 Å². The molecule has 5 nitrogen and oxygen atoms in total. The maximum absolute atomic E-state index is 12.6. The summed E-state index contributed by atoms with van der Waals surface area (Å²) in [5, 5.41) is 7.47. The molecule has 6 heteroatoms. The molecule has 122 valence electrons. The number of hydrogen-bond acceptors (Lipinski definition) is 4. The van der Waals surface area contributed by atoms with Gasteiger partial charge in [0.2, 0.25) is 0 Å². The summed E-state index contributed by atoms with van der Waals surface area (Å²) in [6.45, 7) is 0. The fraction of sp³-hybridized carbons (Fsp3) is 0.471. The Kier molecular flexibility index (Phi) is 5.33. The Morgan fingerprint density at radius 1 is 1.26 bits per heavy atom.